The molecule has 2 aliphatic rings. The van der Waals surface area contributed by atoms with Crippen LogP contribution in [0.3, 0.4) is 0 Å². The monoisotopic (exact) mass is 262 g/mol. The van der Waals surface area contributed by atoms with Crippen LogP contribution in [0.15, 0.2) is 12.1 Å². The van der Waals surface area contributed by atoms with Gasteiger partial charge in [0.15, 0.2) is 11.5 Å². The van der Waals surface area contributed by atoms with Crippen molar-refractivity contribution >= 4 is 11.7 Å². The Bertz CT molecular complexity index is 478. The predicted octanol–water partition coefficient (Wildman–Crippen LogP) is 0.187. The molecule has 0 aromatic carbocycles. The fourth-order valence-corrected chi connectivity index (χ4v) is 2.52. The molecule has 0 spiro atoms. The average molecular weight is 262 g/mol. The fraction of sp³-hybridized carbons (Fsp3) is 0.615. The standard InChI is InChI=1S/C13H18N4O2/c1-2-14-12(18)10-5-6-11(16-15-10)17-7-13(19,8-17)9-3-4-9/h5-6,9,19H,2-4,7-8H2,1H3,(H,14,18). The molecule has 1 aliphatic carbocycles. The van der Waals surface area contributed by atoms with Crippen molar-refractivity contribution in [3.05, 3.63) is 17.8 Å². The molecule has 19 heavy (non-hydrogen) atoms. The first kappa shape index (κ1) is 12.3. The van der Waals surface area contributed by atoms with Crippen LogP contribution in [0.5, 0.6) is 0 Å². The summed E-state index contributed by atoms with van der Waals surface area (Å²) in [7, 11) is 0. The van der Waals surface area contributed by atoms with E-state index in [1.807, 2.05) is 11.8 Å². The van der Waals surface area contributed by atoms with Gasteiger partial charge in [-0.25, -0.2) is 0 Å². The third kappa shape index (κ3) is 2.28. The molecular formula is C13H18N4O2. The summed E-state index contributed by atoms with van der Waals surface area (Å²) in [5.41, 5.74) is -0.205. The van der Waals surface area contributed by atoms with E-state index in [-0.39, 0.29) is 5.91 Å². The van der Waals surface area contributed by atoms with Gasteiger partial charge in [0.05, 0.1) is 13.1 Å². The molecule has 1 saturated carbocycles. The first-order valence-electron chi connectivity index (χ1n) is 6.71. The van der Waals surface area contributed by atoms with Gasteiger partial charge in [-0.2, -0.15) is 0 Å². The number of hydrogen-bond donors (Lipinski definition) is 2. The summed E-state index contributed by atoms with van der Waals surface area (Å²) in [5, 5.41) is 20.9. The second kappa shape index (κ2) is 4.45. The Labute approximate surface area is 111 Å². The summed E-state index contributed by atoms with van der Waals surface area (Å²) >= 11 is 0. The number of nitrogens with zero attached hydrogens (tertiary/aromatic N) is 3. The van der Waals surface area contributed by atoms with E-state index in [9.17, 15) is 9.90 Å². The van der Waals surface area contributed by atoms with E-state index in [0.29, 0.717) is 31.2 Å². The van der Waals surface area contributed by atoms with Crippen molar-refractivity contribution in [2.75, 3.05) is 24.5 Å². The van der Waals surface area contributed by atoms with E-state index in [4.69, 9.17) is 0 Å². The minimum atomic E-state index is -0.528. The van der Waals surface area contributed by atoms with Gasteiger partial charge >= 0.3 is 0 Å². The van der Waals surface area contributed by atoms with Gasteiger partial charge in [0.2, 0.25) is 0 Å². The van der Waals surface area contributed by atoms with Crippen LogP contribution in [-0.4, -0.2) is 46.4 Å². The van der Waals surface area contributed by atoms with E-state index in [2.05, 4.69) is 15.5 Å². The number of rotatable bonds is 4. The second-order valence-corrected chi connectivity index (χ2v) is 5.37. The number of nitrogens with one attached hydrogen (secondary N) is 1. The van der Waals surface area contributed by atoms with Crippen LogP contribution in [0, 0.1) is 5.92 Å². The van der Waals surface area contributed by atoms with Gasteiger partial charge in [0.25, 0.3) is 5.91 Å². The van der Waals surface area contributed by atoms with Crippen LogP contribution in [-0.2, 0) is 0 Å². The smallest absolute Gasteiger partial charge is 0.271 e. The van der Waals surface area contributed by atoms with Gasteiger partial charge in [0, 0.05) is 6.54 Å². The zero-order chi connectivity index (χ0) is 13.5. The molecule has 2 heterocycles. The van der Waals surface area contributed by atoms with E-state index in [1.54, 1.807) is 12.1 Å². The summed E-state index contributed by atoms with van der Waals surface area (Å²) < 4.78 is 0. The highest BCUT2D eigenvalue weighted by atomic mass is 16.3. The molecule has 6 nitrogen and oxygen atoms in total. The molecule has 3 rings (SSSR count). The van der Waals surface area contributed by atoms with E-state index < -0.39 is 5.60 Å². The van der Waals surface area contributed by atoms with E-state index in [1.165, 1.54) is 0 Å². The van der Waals surface area contributed by atoms with Gasteiger partial charge in [-0.3, -0.25) is 4.79 Å². The maximum atomic E-state index is 11.5. The first-order chi connectivity index (χ1) is 9.12. The predicted molar refractivity (Wildman–Crippen MR) is 69.9 cm³/mol. The molecule has 0 atom stereocenters. The van der Waals surface area contributed by atoms with Crippen molar-refractivity contribution in [1.29, 1.82) is 0 Å². The Morgan fingerprint density at radius 3 is 2.74 bits per heavy atom. The van der Waals surface area contributed by atoms with Crippen molar-refractivity contribution < 1.29 is 9.90 Å². The molecule has 1 saturated heterocycles. The Hall–Kier alpha value is -1.69. The topological polar surface area (TPSA) is 78.4 Å². The number of β-amino-alcohol motifs (C(OH)–C–C–N with tert-alkyl or cyclic N) is 1. The lowest BCUT2D eigenvalue weighted by molar-refractivity contribution is -0.00983. The minimum absolute atomic E-state index is 0.209. The molecule has 1 aromatic heterocycles. The highest BCUT2D eigenvalue weighted by molar-refractivity contribution is 5.92. The summed E-state index contributed by atoms with van der Waals surface area (Å²) in [4.78, 5) is 13.5. The SMILES string of the molecule is CCNC(=O)c1ccc(N2CC(O)(C3CC3)C2)nn1. The number of carbonyl (C=O) groups is 1. The van der Waals surface area contributed by atoms with Crippen molar-refractivity contribution in [1.82, 2.24) is 15.5 Å². The first-order valence-corrected chi connectivity index (χ1v) is 6.71. The third-order valence-corrected chi connectivity index (χ3v) is 3.81. The summed E-state index contributed by atoms with van der Waals surface area (Å²) in [5.74, 6) is 0.976. The molecule has 0 radical (unpaired) electrons. The molecule has 1 aliphatic heterocycles. The maximum Gasteiger partial charge on any atom is 0.271 e. The largest absolute Gasteiger partial charge is 0.386 e. The quantitative estimate of drug-likeness (QED) is 0.809. The molecule has 102 valence electrons. The zero-order valence-corrected chi connectivity index (χ0v) is 11.0. The highest BCUT2D eigenvalue weighted by Crippen LogP contribution is 2.45. The van der Waals surface area contributed by atoms with Crippen LogP contribution >= 0.6 is 0 Å². The van der Waals surface area contributed by atoms with Crippen molar-refractivity contribution in [3.63, 3.8) is 0 Å². The Balaban J connectivity index is 1.62. The summed E-state index contributed by atoms with van der Waals surface area (Å²) in [6.07, 6.45) is 2.26. The molecule has 0 bridgehead atoms. The number of aromatic nitrogens is 2. The number of carbonyl (C=O) groups excluding carboxylic acids is 1. The van der Waals surface area contributed by atoms with Gasteiger partial charge in [-0.1, -0.05) is 0 Å². The molecule has 1 amide bonds. The van der Waals surface area contributed by atoms with Gasteiger partial charge in [-0.05, 0) is 37.8 Å². The number of hydrogen-bond acceptors (Lipinski definition) is 5. The van der Waals surface area contributed by atoms with Crippen molar-refractivity contribution in [2.24, 2.45) is 5.92 Å². The fourth-order valence-electron chi connectivity index (χ4n) is 2.52. The Morgan fingerprint density at radius 2 is 2.21 bits per heavy atom. The third-order valence-electron chi connectivity index (χ3n) is 3.81. The number of amides is 1. The zero-order valence-electron chi connectivity index (χ0n) is 11.0. The summed E-state index contributed by atoms with van der Waals surface area (Å²) in [6.45, 7) is 3.67. The lowest BCUT2D eigenvalue weighted by atomic mass is 9.89. The van der Waals surface area contributed by atoms with E-state index in [0.717, 1.165) is 18.7 Å². The highest BCUT2D eigenvalue weighted by Gasteiger charge is 2.52. The molecular weight excluding hydrogens is 244 g/mol. The van der Waals surface area contributed by atoms with Crippen LogP contribution in [0.1, 0.15) is 30.3 Å². The van der Waals surface area contributed by atoms with Crippen molar-refractivity contribution in [3.8, 4) is 0 Å². The van der Waals surface area contributed by atoms with Gasteiger partial charge in [-0.15, -0.1) is 10.2 Å². The van der Waals surface area contributed by atoms with Crippen LogP contribution in [0.2, 0.25) is 0 Å². The van der Waals surface area contributed by atoms with Crippen LogP contribution in [0.25, 0.3) is 0 Å². The molecule has 1 aromatic rings. The molecule has 2 fully saturated rings. The normalized spacial score (nSPS) is 20.8. The van der Waals surface area contributed by atoms with Gasteiger partial charge in [0.1, 0.15) is 5.60 Å². The van der Waals surface area contributed by atoms with Crippen LogP contribution in [0.4, 0.5) is 5.82 Å². The molecule has 0 unspecified atom stereocenters. The lowest BCUT2D eigenvalue weighted by Gasteiger charge is -2.47. The Kier molecular flexibility index (Phi) is 2.89. The lowest BCUT2D eigenvalue weighted by Crippen LogP contribution is -2.63. The number of anilines is 1. The number of aliphatic hydroxyl groups is 1. The molecule has 2 N–H and O–H groups in total. The molecule has 6 heteroatoms. The second-order valence-electron chi connectivity index (χ2n) is 5.37. The summed E-state index contributed by atoms with van der Waals surface area (Å²) in [6, 6.07) is 3.45. The average Bonchev–Trinajstić information content (AvgIpc) is 3.20. The maximum absolute atomic E-state index is 11.5. The van der Waals surface area contributed by atoms with Gasteiger partial charge < -0.3 is 15.3 Å². The Morgan fingerprint density at radius 1 is 1.47 bits per heavy atom. The van der Waals surface area contributed by atoms with E-state index >= 15 is 0 Å². The van der Waals surface area contributed by atoms with Crippen molar-refractivity contribution in [2.45, 2.75) is 25.4 Å². The minimum Gasteiger partial charge on any atom is -0.386 e. The van der Waals surface area contributed by atoms with Crippen LogP contribution < -0.4 is 10.2 Å².